The van der Waals surface area contributed by atoms with Crippen LogP contribution < -0.4 is 11.1 Å². The van der Waals surface area contributed by atoms with E-state index in [0.29, 0.717) is 17.4 Å². The van der Waals surface area contributed by atoms with E-state index in [-0.39, 0.29) is 6.10 Å². The number of aromatic nitrogens is 2. The molecular weight excluding hydrogens is 192 g/mol. The molecular formula is C10H16N4O. The maximum Gasteiger partial charge on any atom is 0.152 e. The molecule has 0 amide bonds. The summed E-state index contributed by atoms with van der Waals surface area (Å²) < 4.78 is 0. The van der Waals surface area contributed by atoms with Crippen LogP contribution in [-0.4, -0.2) is 27.7 Å². The monoisotopic (exact) mass is 208 g/mol. The van der Waals surface area contributed by atoms with E-state index in [2.05, 4.69) is 15.3 Å². The zero-order chi connectivity index (χ0) is 10.7. The number of nitrogens with zero attached hydrogens (tertiary/aromatic N) is 2. The van der Waals surface area contributed by atoms with E-state index >= 15 is 0 Å². The second-order valence-corrected chi connectivity index (χ2v) is 3.97. The van der Waals surface area contributed by atoms with E-state index in [1.165, 1.54) is 6.33 Å². The summed E-state index contributed by atoms with van der Waals surface area (Å²) in [6.45, 7) is 0.725. The first-order valence-corrected chi connectivity index (χ1v) is 5.25. The van der Waals surface area contributed by atoms with Gasteiger partial charge in [-0.2, -0.15) is 0 Å². The number of nitrogens with two attached hydrogens (primary N) is 1. The Balaban J connectivity index is 1.90. The Morgan fingerprint density at radius 1 is 1.53 bits per heavy atom. The fourth-order valence-corrected chi connectivity index (χ4v) is 1.97. The number of hydrogen-bond acceptors (Lipinski definition) is 5. The molecule has 15 heavy (non-hydrogen) atoms. The minimum Gasteiger partial charge on any atom is -0.394 e. The van der Waals surface area contributed by atoms with Crippen LogP contribution in [0.5, 0.6) is 0 Å². The van der Waals surface area contributed by atoms with Gasteiger partial charge in [0.25, 0.3) is 0 Å². The van der Waals surface area contributed by atoms with Gasteiger partial charge in [-0.1, -0.05) is 6.42 Å². The van der Waals surface area contributed by atoms with Gasteiger partial charge in [0.2, 0.25) is 0 Å². The smallest absolute Gasteiger partial charge is 0.152 e. The van der Waals surface area contributed by atoms with Gasteiger partial charge < -0.3 is 16.2 Å². The van der Waals surface area contributed by atoms with Crippen molar-refractivity contribution >= 4 is 11.5 Å². The van der Waals surface area contributed by atoms with Crippen LogP contribution in [0.15, 0.2) is 12.5 Å². The molecule has 1 aliphatic carbocycles. The minimum atomic E-state index is -0.180. The van der Waals surface area contributed by atoms with E-state index in [0.717, 1.165) is 25.8 Å². The number of nitrogens with one attached hydrogen (secondary N) is 1. The molecule has 82 valence electrons. The summed E-state index contributed by atoms with van der Waals surface area (Å²) in [6.07, 6.45) is 5.93. The van der Waals surface area contributed by atoms with Gasteiger partial charge in [0.05, 0.1) is 18.0 Å². The summed E-state index contributed by atoms with van der Waals surface area (Å²) in [4.78, 5) is 7.85. The van der Waals surface area contributed by atoms with Crippen molar-refractivity contribution in [3.63, 3.8) is 0 Å². The molecule has 2 unspecified atom stereocenters. The number of nitrogen functional groups attached to an aromatic ring is 1. The normalized spacial score (nSPS) is 25.4. The second kappa shape index (κ2) is 4.44. The Hall–Kier alpha value is -1.36. The van der Waals surface area contributed by atoms with Crippen LogP contribution in [0.1, 0.15) is 19.3 Å². The van der Waals surface area contributed by atoms with Crippen molar-refractivity contribution < 1.29 is 5.11 Å². The molecule has 0 spiro atoms. The van der Waals surface area contributed by atoms with Gasteiger partial charge >= 0.3 is 0 Å². The number of aliphatic hydroxyl groups is 1. The molecule has 5 heteroatoms. The molecule has 1 aromatic rings. The van der Waals surface area contributed by atoms with Crippen molar-refractivity contribution in [1.82, 2.24) is 9.97 Å². The van der Waals surface area contributed by atoms with Gasteiger partial charge in [-0.3, -0.25) is 0 Å². The van der Waals surface area contributed by atoms with Crippen molar-refractivity contribution in [2.45, 2.75) is 25.4 Å². The number of rotatable bonds is 3. The van der Waals surface area contributed by atoms with Gasteiger partial charge in [-0.05, 0) is 12.8 Å². The van der Waals surface area contributed by atoms with E-state index in [4.69, 9.17) is 5.73 Å². The predicted octanol–water partition coefficient (Wildman–Crippen LogP) is 0.632. The SMILES string of the molecule is Nc1cncnc1NCC1CCCC1O. The standard InChI is InChI=1S/C10H16N4O/c11-8-5-12-6-14-10(8)13-4-7-2-1-3-9(7)15/h5-7,9,15H,1-4,11H2,(H,12,13,14). The predicted molar refractivity (Wildman–Crippen MR) is 58.3 cm³/mol. The molecule has 0 bridgehead atoms. The lowest BCUT2D eigenvalue weighted by Crippen LogP contribution is -2.22. The first kappa shape index (κ1) is 10.2. The Kier molecular flexibility index (Phi) is 3.01. The van der Waals surface area contributed by atoms with Gasteiger partial charge in [0, 0.05) is 12.5 Å². The first-order valence-electron chi connectivity index (χ1n) is 5.25. The third-order valence-electron chi connectivity index (χ3n) is 2.89. The van der Waals surface area contributed by atoms with Crippen molar-refractivity contribution in [1.29, 1.82) is 0 Å². The molecule has 1 heterocycles. The molecule has 1 saturated carbocycles. The van der Waals surface area contributed by atoms with Gasteiger partial charge in [-0.25, -0.2) is 9.97 Å². The average molecular weight is 208 g/mol. The van der Waals surface area contributed by atoms with E-state index in [9.17, 15) is 5.11 Å². The molecule has 2 atom stereocenters. The molecule has 0 radical (unpaired) electrons. The highest BCUT2D eigenvalue weighted by Crippen LogP contribution is 2.26. The topological polar surface area (TPSA) is 84.1 Å². The Bertz CT molecular complexity index is 331. The molecule has 5 nitrogen and oxygen atoms in total. The highest BCUT2D eigenvalue weighted by molar-refractivity contribution is 5.58. The van der Waals surface area contributed by atoms with Crippen molar-refractivity contribution in [2.24, 2.45) is 5.92 Å². The molecule has 1 aromatic heterocycles. The van der Waals surface area contributed by atoms with Crippen LogP contribution in [-0.2, 0) is 0 Å². The summed E-state index contributed by atoms with van der Waals surface area (Å²) >= 11 is 0. The van der Waals surface area contributed by atoms with Crippen LogP contribution in [0.2, 0.25) is 0 Å². The third-order valence-corrected chi connectivity index (χ3v) is 2.89. The van der Waals surface area contributed by atoms with Crippen LogP contribution in [0.3, 0.4) is 0 Å². The summed E-state index contributed by atoms with van der Waals surface area (Å²) in [6, 6.07) is 0. The van der Waals surface area contributed by atoms with Gasteiger partial charge in [0.15, 0.2) is 5.82 Å². The van der Waals surface area contributed by atoms with Crippen molar-refractivity contribution in [3.8, 4) is 0 Å². The zero-order valence-corrected chi connectivity index (χ0v) is 8.56. The lowest BCUT2D eigenvalue weighted by molar-refractivity contribution is 0.138. The van der Waals surface area contributed by atoms with Crippen LogP contribution >= 0.6 is 0 Å². The summed E-state index contributed by atoms with van der Waals surface area (Å²) in [5.41, 5.74) is 6.24. The van der Waals surface area contributed by atoms with Crippen molar-refractivity contribution in [2.75, 3.05) is 17.6 Å². The Morgan fingerprint density at radius 2 is 2.40 bits per heavy atom. The van der Waals surface area contributed by atoms with Gasteiger partial charge in [-0.15, -0.1) is 0 Å². The van der Waals surface area contributed by atoms with Crippen molar-refractivity contribution in [3.05, 3.63) is 12.5 Å². The molecule has 0 aliphatic heterocycles. The highest BCUT2D eigenvalue weighted by Gasteiger charge is 2.24. The van der Waals surface area contributed by atoms with E-state index in [1.54, 1.807) is 6.20 Å². The molecule has 0 saturated heterocycles. The molecule has 4 N–H and O–H groups in total. The molecule has 1 fully saturated rings. The number of hydrogen-bond donors (Lipinski definition) is 3. The van der Waals surface area contributed by atoms with Crippen LogP contribution in [0.4, 0.5) is 11.5 Å². The van der Waals surface area contributed by atoms with E-state index < -0.39 is 0 Å². The van der Waals surface area contributed by atoms with Gasteiger partial charge in [0.1, 0.15) is 6.33 Å². The first-order chi connectivity index (χ1) is 7.27. The summed E-state index contributed by atoms with van der Waals surface area (Å²) in [5.74, 6) is 0.975. The largest absolute Gasteiger partial charge is 0.394 e. The quantitative estimate of drug-likeness (QED) is 0.678. The van der Waals surface area contributed by atoms with E-state index in [1.807, 2.05) is 0 Å². The number of aliphatic hydroxyl groups excluding tert-OH is 1. The Labute approximate surface area is 88.7 Å². The number of anilines is 2. The second-order valence-electron chi connectivity index (χ2n) is 3.97. The minimum absolute atomic E-state index is 0.180. The fraction of sp³-hybridized carbons (Fsp3) is 0.600. The molecule has 1 aliphatic rings. The van der Waals surface area contributed by atoms with Crippen LogP contribution in [0.25, 0.3) is 0 Å². The fourth-order valence-electron chi connectivity index (χ4n) is 1.97. The maximum atomic E-state index is 9.63. The lowest BCUT2D eigenvalue weighted by atomic mass is 10.1. The lowest BCUT2D eigenvalue weighted by Gasteiger charge is -2.15. The summed E-state index contributed by atoms with van der Waals surface area (Å²) in [7, 11) is 0. The molecule has 2 rings (SSSR count). The summed E-state index contributed by atoms with van der Waals surface area (Å²) in [5, 5.41) is 12.8. The Morgan fingerprint density at radius 3 is 3.07 bits per heavy atom. The molecule has 0 aromatic carbocycles. The average Bonchev–Trinajstić information content (AvgIpc) is 2.63. The van der Waals surface area contributed by atoms with Crippen LogP contribution in [0, 0.1) is 5.92 Å². The zero-order valence-electron chi connectivity index (χ0n) is 8.56. The highest BCUT2D eigenvalue weighted by atomic mass is 16.3. The third kappa shape index (κ3) is 2.36. The maximum absolute atomic E-state index is 9.63.